The fraction of sp³-hybridized carbons (Fsp3) is 0.300. The minimum Gasteiger partial charge on any atom is -0.330 e. The number of hydrazone groups is 1. The van der Waals surface area contributed by atoms with Crippen molar-refractivity contribution < 1.29 is 9.59 Å². The predicted molar refractivity (Wildman–Crippen MR) is 98.5 cm³/mol. The van der Waals surface area contributed by atoms with Gasteiger partial charge in [0.1, 0.15) is 5.71 Å². The number of anilines is 1. The number of nitrogens with zero attached hydrogens (tertiary/aromatic N) is 4. The first-order valence-corrected chi connectivity index (χ1v) is 8.90. The van der Waals surface area contributed by atoms with Gasteiger partial charge in [-0.3, -0.25) is 14.6 Å². The number of para-hydroxylation sites is 1. The molecule has 2 aromatic rings. The molecule has 2 aliphatic rings. The smallest absolute Gasteiger partial charge is 0.270 e. The number of amides is 2. The summed E-state index contributed by atoms with van der Waals surface area (Å²) in [5.74, 6) is -0.155. The second-order valence-electron chi connectivity index (χ2n) is 6.52. The van der Waals surface area contributed by atoms with E-state index in [9.17, 15) is 9.59 Å². The molecule has 1 fully saturated rings. The minimum absolute atomic E-state index is 0.0519. The lowest BCUT2D eigenvalue weighted by molar-refractivity contribution is -0.125. The van der Waals surface area contributed by atoms with Crippen molar-refractivity contribution >= 4 is 23.2 Å². The van der Waals surface area contributed by atoms with Crippen molar-refractivity contribution in [1.29, 1.82) is 0 Å². The highest BCUT2D eigenvalue weighted by Crippen LogP contribution is 2.32. The molecule has 1 atom stereocenters. The molecule has 0 radical (unpaired) electrons. The second kappa shape index (κ2) is 7.07. The van der Waals surface area contributed by atoms with E-state index >= 15 is 0 Å². The lowest BCUT2D eigenvalue weighted by atomic mass is 10.0. The Kier molecular flexibility index (Phi) is 4.48. The molecule has 6 nitrogen and oxygen atoms in total. The van der Waals surface area contributed by atoms with Gasteiger partial charge >= 0.3 is 0 Å². The van der Waals surface area contributed by atoms with E-state index in [1.165, 1.54) is 5.01 Å². The molecule has 0 saturated carbocycles. The summed E-state index contributed by atoms with van der Waals surface area (Å²) in [5, 5.41) is 5.76. The number of likely N-dealkylation sites (tertiary alicyclic amines) is 1. The summed E-state index contributed by atoms with van der Waals surface area (Å²) in [6.07, 6.45) is 6.10. The Morgan fingerprint density at radius 2 is 1.81 bits per heavy atom. The van der Waals surface area contributed by atoms with Gasteiger partial charge in [0.25, 0.3) is 5.91 Å². The average molecular weight is 348 g/mol. The summed E-state index contributed by atoms with van der Waals surface area (Å²) < 4.78 is 0. The molecule has 3 heterocycles. The lowest BCUT2D eigenvalue weighted by Crippen LogP contribution is -2.41. The number of aromatic nitrogens is 1. The minimum atomic E-state index is -0.0835. The third-order valence-corrected chi connectivity index (χ3v) is 4.88. The monoisotopic (exact) mass is 348 g/mol. The van der Waals surface area contributed by atoms with Crippen LogP contribution < -0.4 is 5.01 Å². The zero-order valence-electron chi connectivity index (χ0n) is 14.4. The molecule has 1 aromatic carbocycles. The van der Waals surface area contributed by atoms with Gasteiger partial charge < -0.3 is 4.90 Å². The Morgan fingerprint density at radius 1 is 1.04 bits per heavy atom. The average Bonchev–Trinajstić information content (AvgIpc) is 3.19. The zero-order chi connectivity index (χ0) is 17.9. The standard InChI is InChI=1S/C20H20N4O2/c25-19-9-8-17(22-24(19)16-5-2-1-3-6-16)20(26)23-14-4-7-18(23)15-10-12-21-13-11-15/h1-3,5-6,10-13,18H,4,7-9,14H2/t18-/m0/s1. The Morgan fingerprint density at radius 3 is 2.58 bits per heavy atom. The Labute approximate surface area is 152 Å². The van der Waals surface area contributed by atoms with E-state index < -0.39 is 0 Å². The molecule has 0 aliphatic carbocycles. The third-order valence-electron chi connectivity index (χ3n) is 4.88. The fourth-order valence-corrected chi connectivity index (χ4v) is 3.59. The Bertz CT molecular complexity index is 835. The van der Waals surface area contributed by atoms with Crippen LogP contribution in [0.25, 0.3) is 0 Å². The summed E-state index contributed by atoms with van der Waals surface area (Å²) in [4.78, 5) is 31.3. The molecular weight excluding hydrogens is 328 g/mol. The van der Waals surface area contributed by atoms with Crippen LogP contribution in [-0.2, 0) is 9.59 Å². The largest absolute Gasteiger partial charge is 0.330 e. The van der Waals surface area contributed by atoms with Crippen molar-refractivity contribution in [2.24, 2.45) is 5.10 Å². The van der Waals surface area contributed by atoms with E-state index in [1.807, 2.05) is 47.4 Å². The first-order chi connectivity index (χ1) is 12.7. The van der Waals surface area contributed by atoms with Crippen LogP contribution in [0.1, 0.15) is 37.3 Å². The van der Waals surface area contributed by atoms with Crippen molar-refractivity contribution in [1.82, 2.24) is 9.88 Å². The first-order valence-electron chi connectivity index (χ1n) is 8.90. The number of hydrogen-bond acceptors (Lipinski definition) is 4. The lowest BCUT2D eigenvalue weighted by Gasteiger charge is -2.28. The van der Waals surface area contributed by atoms with E-state index in [0.717, 1.165) is 18.4 Å². The highest BCUT2D eigenvalue weighted by atomic mass is 16.2. The van der Waals surface area contributed by atoms with Crippen LogP contribution in [0, 0.1) is 0 Å². The molecular formula is C20H20N4O2. The quantitative estimate of drug-likeness (QED) is 0.856. The summed E-state index contributed by atoms with van der Waals surface area (Å²) in [7, 11) is 0. The van der Waals surface area contributed by atoms with Gasteiger partial charge in [0.05, 0.1) is 11.7 Å². The van der Waals surface area contributed by atoms with Gasteiger partial charge in [-0.1, -0.05) is 18.2 Å². The van der Waals surface area contributed by atoms with E-state index in [0.29, 0.717) is 30.8 Å². The number of carbonyl (C=O) groups is 2. The molecule has 2 amide bonds. The maximum absolute atomic E-state index is 13.1. The molecule has 26 heavy (non-hydrogen) atoms. The molecule has 0 unspecified atom stereocenters. The fourth-order valence-electron chi connectivity index (χ4n) is 3.59. The van der Waals surface area contributed by atoms with Crippen LogP contribution in [0.15, 0.2) is 60.0 Å². The van der Waals surface area contributed by atoms with Crippen molar-refractivity contribution in [2.75, 3.05) is 11.6 Å². The van der Waals surface area contributed by atoms with Gasteiger partial charge in [0, 0.05) is 31.8 Å². The molecule has 0 N–H and O–H groups in total. The number of carbonyl (C=O) groups excluding carboxylic acids is 2. The number of hydrogen-bond donors (Lipinski definition) is 0. The van der Waals surface area contributed by atoms with Crippen molar-refractivity contribution in [3.05, 3.63) is 60.4 Å². The van der Waals surface area contributed by atoms with Gasteiger partial charge in [0.2, 0.25) is 5.91 Å². The Balaban J connectivity index is 1.60. The maximum atomic E-state index is 13.1. The predicted octanol–water partition coefficient (Wildman–Crippen LogP) is 2.93. The molecule has 1 aromatic heterocycles. The van der Waals surface area contributed by atoms with Crippen molar-refractivity contribution in [2.45, 2.75) is 31.7 Å². The van der Waals surface area contributed by atoms with E-state index in [-0.39, 0.29) is 17.9 Å². The van der Waals surface area contributed by atoms with Crippen LogP contribution >= 0.6 is 0 Å². The highest BCUT2D eigenvalue weighted by Gasteiger charge is 2.34. The second-order valence-corrected chi connectivity index (χ2v) is 6.52. The van der Waals surface area contributed by atoms with Gasteiger partial charge in [-0.05, 0) is 42.7 Å². The molecule has 132 valence electrons. The summed E-state index contributed by atoms with van der Waals surface area (Å²) in [6, 6.07) is 13.2. The number of rotatable bonds is 3. The molecule has 6 heteroatoms. The molecule has 1 saturated heterocycles. The molecule has 2 aliphatic heterocycles. The Hall–Kier alpha value is -3.02. The zero-order valence-corrected chi connectivity index (χ0v) is 14.4. The topological polar surface area (TPSA) is 65.9 Å². The van der Waals surface area contributed by atoms with Gasteiger partial charge in [-0.2, -0.15) is 5.10 Å². The van der Waals surface area contributed by atoms with Crippen LogP contribution in [0.5, 0.6) is 0 Å². The number of pyridine rings is 1. The molecule has 0 bridgehead atoms. The summed E-state index contributed by atoms with van der Waals surface area (Å²) in [6.45, 7) is 0.712. The normalized spacial score (nSPS) is 20.2. The van der Waals surface area contributed by atoms with E-state index in [2.05, 4.69) is 10.1 Å². The van der Waals surface area contributed by atoms with Gasteiger partial charge in [-0.15, -0.1) is 0 Å². The molecule has 4 rings (SSSR count). The number of benzene rings is 1. The summed E-state index contributed by atoms with van der Waals surface area (Å²) in [5.41, 5.74) is 2.24. The highest BCUT2D eigenvalue weighted by molar-refractivity contribution is 6.40. The SMILES string of the molecule is O=C1CCC(C(=O)N2CCC[C@H]2c2ccncc2)=NN1c1ccccc1. The van der Waals surface area contributed by atoms with Crippen LogP contribution in [-0.4, -0.2) is 34.0 Å². The van der Waals surface area contributed by atoms with Gasteiger partial charge in [-0.25, -0.2) is 5.01 Å². The van der Waals surface area contributed by atoms with E-state index in [1.54, 1.807) is 12.4 Å². The van der Waals surface area contributed by atoms with Crippen LogP contribution in [0.2, 0.25) is 0 Å². The maximum Gasteiger partial charge on any atom is 0.270 e. The van der Waals surface area contributed by atoms with E-state index in [4.69, 9.17) is 0 Å². The third kappa shape index (κ3) is 3.10. The summed E-state index contributed by atoms with van der Waals surface area (Å²) >= 11 is 0. The van der Waals surface area contributed by atoms with Gasteiger partial charge in [0.15, 0.2) is 0 Å². The van der Waals surface area contributed by atoms with Crippen LogP contribution in [0.3, 0.4) is 0 Å². The first kappa shape index (κ1) is 16.4. The van der Waals surface area contributed by atoms with Crippen molar-refractivity contribution in [3.63, 3.8) is 0 Å². The van der Waals surface area contributed by atoms with Crippen LogP contribution in [0.4, 0.5) is 5.69 Å². The molecule has 0 spiro atoms. The van der Waals surface area contributed by atoms with Crippen molar-refractivity contribution in [3.8, 4) is 0 Å².